The van der Waals surface area contributed by atoms with Crippen LogP contribution in [0.25, 0.3) is 10.9 Å². The number of pyridine rings is 1. The topological polar surface area (TPSA) is 176 Å². The molecule has 11 nitrogen and oxygen atoms in total. The Kier molecular flexibility index (Phi) is 9.19. The van der Waals surface area contributed by atoms with Crippen LogP contribution in [0.4, 0.5) is 20.2 Å². The summed E-state index contributed by atoms with van der Waals surface area (Å²) in [5.41, 5.74) is 4.57. The zero-order valence-corrected chi connectivity index (χ0v) is 24.7. The fourth-order valence-corrected chi connectivity index (χ4v) is 5.30. The Morgan fingerprint density at radius 1 is 1.04 bits per heavy atom. The minimum absolute atomic E-state index is 0.111. The summed E-state index contributed by atoms with van der Waals surface area (Å²) in [5.74, 6) is 0. The number of anilines is 2. The maximum absolute atomic E-state index is 14.3. The van der Waals surface area contributed by atoms with Crippen molar-refractivity contribution in [1.29, 1.82) is 15.8 Å². The lowest BCUT2D eigenvalue weighted by Crippen LogP contribution is -2.50. The number of benzene rings is 3. The standard InChI is InChI=1S/C32H26ClF2N9O2/c33-26-14-24(41-32(46,23-9-4-6-20(12-23)15-37)28-18-44(43-42-28)31(34,35)19-45)13-25-29(22(16-38)17-39-30(25)26)40-27(10-5-11-36)21-7-2-1-3-8-21/h1-4,6-9,12-14,17-18,27,41-43,45-46H,5,10,19H2,(H,39,40)/t27-,32?/m1/s1. The van der Waals surface area contributed by atoms with Crippen LogP contribution in [0.5, 0.6) is 0 Å². The van der Waals surface area contributed by atoms with E-state index in [0.29, 0.717) is 28.0 Å². The SMILES string of the molecule is N#CCC[C@@H](Nc1c(C#N)cnc2c(Cl)cc(NC(O)(C3=CN(C(F)(F)CO)NN3)c3cccc(C#N)c3)cc12)c1ccccc1. The predicted molar refractivity (Wildman–Crippen MR) is 166 cm³/mol. The molecule has 0 spiro atoms. The third kappa shape index (κ3) is 6.33. The molecule has 3 aromatic carbocycles. The first-order valence-electron chi connectivity index (χ1n) is 13.9. The van der Waals surface area contributed by atoms with E-state index in [1.807, 2.05) is 36.4 Å². The molecule has 4 aromatic rings. The predicted octanol–water partition coefficient (Wildman–Crippen LogP) is 5.10. The molecular weight excluding hydrogens is 616 g/mol. The monoisotopic (exact) mass is 641 g/mol. The van der Waals surface area contributed by atoms with E-state index in [4.69, 9.17) is 11.6 Å². The summed E-state index contributed by atoms with van der Waals surface area (Å²) >= 11 is 6.69. The molecule has 0 bridgehead atoms. The maximum Gasteiger partial charge on any atom is 0.362 e. The number of hydrogen-bond acceptors (Lipinski definition) is 11. The van der Waals surface area contributed by atoms with Crippen LogP contribution >= 0.6 is 11.6 Å². The van der Waals surface area contributed by atoms with Gasteiger partial charge >= 0.3 is 6.05 Å². The van der Waals surface area contributed by atoms with Crippen molar-refractivity contribution in [3.05, 3.63) is 112 Å². The molecule has 1 aliphatic rings. The first-order valence-corrected chi connectivity index (χ1v) is 14.2. The Hall–Kier alpha value is -5.49. The summed E-state index contributed by atoms with van der Waals surface area (Å²) in [4.78, 5) is 4.38. The zero-order valence-electron chi connectivity index (χ0n) is 24.0. The van der Waals surface area contributed by atoms with Crippen LogP contribution in [0.3, 0.4) is 0 Å². The van der Waals surface area contributed by atoms with E-state index < -0.39 is 18.4 Å². The first-order chi connectivity index (χ1) is 22.1. The van der Waals surface area contributed by atoms with E-state index in [0.717, 1.165) is 11.8 Å². The number of alkyl halides is 2. The van der Waals surface area contributed by atoms with Gasteiger partial charge in [-0.1, -0.05) is 54.1 Å². The highest BCUT2D eigenvalue weighted by molar-refractivity contribution is 6.35. The van der Waals surface area contributed by atoms with Crippen molar-refractivity contribution in [1.82, 2.24) is 21.0 Å². The van der Waals surface area contributed by atoms with Gasteiger partial charge in [-0.05, 0) is 36.2 Å². The second-order valence-electron chi connectivity index (χ2n) is 10.3. The molecule has 1 unspecified atom stereocenters. The second-order valence-corrected chi connectivity index (χ2v) is 10.7. The number of nitrogens with zero attached hydrogens (tertiary/aromatic N) is 5. The first kappa shape index (κ1) is 31.9. The van der Waals surface area contributed by atoms with Crippen LogP contribution in [0.2, 0.25) is 5.02 Å². The van der Waals surface area contributed by atoms with Gasteiger partial charge in [0.15, 0.2) is 0 Å². The number of aromatic nitrogens is 1. The van der Waals surface area contributed by atoms with Gasteiger partial charge in [0.1, 0.15) is 18.4 Å². The van der Waals surface area contributed by atoms with Crippen LogP contribution in [0, 0.1) is 34.0 Å². The average molecular weight is 642 g/mol. The molecule has 2 atom stereocenters. The molecule has 0 fully saturated rings. The number of aliphatic hydroxyl groups is 2. The molecule has 46 heavy (non-hydrogen) atoms. The van der Waals surface area contributed by atoms with Gasteiger partial charge < -0.3 is 26.3 Å². The highest BCUT2D eigenvalue weighted by Crippen LogP contribution is 2.39. The molecule has 0 saturated heterocycles. The number of hydrazine groups is 2. The third-order valence-corrected chi connectivity index (χ3v) is 7.64. The third-order valence-electron chi connectivity index (χ3n) is 7.35. The molecular formula is C32H26ClF2N9O2. The average Bonchev–Trinajstić information content (AvgIpc) is 3.59. The summed E-state index contributed by atoms with van der Waals surface area (Å²) in [5, 5.41) is 57.3. The van der Waals surface area contributed by atoms with Gasteiger partial charge in [-0.15, -0.1) is 5.53 Å². The minimum atomic E-state index is -3.73. The summed E-state index contributed by atoms with van der Waals surface area (Å²) in [6.07, 6.45) is 2.93. The quantitative estimate of drug-likeness (QED) is 0.0949. The van der Waals surface area contributed by atoms with Gasteiger partial charge in [0.25, 0.3) is 0 Å². The van der Waals surface area contributed by atoms with Gasteiger partial charge in [-0.3, -0.25) is 4.98 Å². The van der Waals surface area contributed by atoms with E-state index >= 15 is 0 Å². The van der Waals surface area contributed by atoms with E-state index in [1.165, 1.54) is 36.5 Å². The summed E-state index contributed by atoms with van der Waals surface area (Å²) in [6.45, 7) is -1.51. The van der Waals surface area contributed by atoms with E-state index in [2.05, 4.69) is 38.7 Å². The second kappa shape index (κ2) is 13.2. The Morgan fingerprint density at radius 2 is 1.83 bits per heavy atom. The molecule has 0 amide bonds. The number of nitrogens with one attached hydrogen (secondary N) is 4. The lowest BCUT2D eigenvalue weighted by atomic mass is 9.96. The number of nitriles is 3. The Balaban J connectivity index is 1.64. The van der Waals surface area contributed by atoms with Gasteiger partial charge in [-0.25, -0.2) is 5.01 Å². The Morgan fingerprint density at radius 3 is 2.52 bits per heavy atom. The highest BCUT2D eigenvalue weighted by Gasteiger charge is 2.43. The van der Waals surface area contributed by atoms with Crippen LogP contribution in [0.1, 0.15) is 41.1 Å². The molecule has 6 N–H and O–H groups in total. The molecule has 2 heterocycles. The summed E-state index contributed by atoms with van der Waals surface area (Å²) in [6, 6.07) is 20.6. The molecule has 0 aliphatic carbocycles. The summed E-state index contributed by atoms with van der Waals surface area (Å²) < 4.78 is 28.6. The molecule has 5 rings (SSSR count). The van der Waals surface area contributed by atoms with Crippen molar-refractivity contribution in [2.45, 2.75) is 30.7 Å². The van der Waals surface area contributed by atoms with Gasteiger partial charge in [0.2, 0.25) is 5.72 Å². The number of fused-ring (bicyclic) bond motifs is 1. The molecule has 1 aliphatic heterocycles. The van der Waals surface area contributed by atoms with E-state index in [9.17, 15) is 34.8 Å². The molecule has 0 radical (unpaired) electrons. The number of aliphatic hydroxyl groups excluding tert-OH is 1. The molecule has 14 heteroatoms. The fourth-order valence-electron chi connectivity index (χ4n) is 5.03. The fraction of sp³-hybridized carbons (Fsp3) is 0.188. The highest BCUT2D eigenvalue weighted by atomic mass is 35.5. The van der Waals surface area contributed by atoms with Gasteiger partial charge in [0.05, 0.1) is 45.5 Å². The van der Waals surface area contributed by atoms with Crippen molar-refractivity contribution in [2.75, 3.05) is 17.2 Å². The minimum Gasteiger partial charge on any atom is -0.388 e. The van der Waals surface area contributed by atoms with Crippen molar-refractivity contribution < 1.29 is 19.0 Å². The Labute approximate surface area is 267 Å². The zero-order chi connectivity index (χ0) is 32.9. The van der Waals surface area contributed by atoms with Crippen molar-refractivity contribution >= 4 is 33.9 Å². The molecule has 0 saturated carbocycles. The summed E-state index contributed by atoms with van der Waals surface area (Å²) in [7, 11) is 0. The Bertz CT molecular complexity index is 1920. The van der Waals surface area contributed by atoms with Gasteiger partial charge in [-0.2, -0.15) is 24.6 Å². The lowest BCUT2D eigenvalue weighted by molar-refractivity contribution is -0.171. The molecule has 1 aromatic heterocycles. The lowest BCUT2D eigenvalue weighted by Gasteiger charge is -2.32. The number of halogens is 3. The van der Waals surface area contributed by atoms with Crippen LogP contribution in [-0.4, -0.2) is 32.9 Å². The van der Waals surface area contributed by atoms with E-state index in [-0.39, 0.29) is 45.6 Å². The maximum atomic E-state index is 14.3. The van der Waals surface area contributed by atoms with Crippen molar-refractivity contribution in [3.8, 4) is 18.2 Å². The van der Waals surface area contributed by atoms with Crippen LogP contribution < -0.4 is 21.6 Å². The number of hydrogen-bond donors (Lipinski definition) is 6. The van der Waals surface area contributed by atoms with Crippen molar-refractivity contribution in [3.63, 3.8) is 0 Å². The van der Waals surface area contributed by atoms with Crippen LogP contribution in [0.15, 0.2) is 84.8 Å². The van der Waals surface area contributed by atoms with E-state index in [1.54, 1.807) is 6.07 Å². The number of rotatable bonds is 11. The molecule has 232 valence electrons. The van der Waals surface area contributed by atoms with Crippen molar-refractivity contribution in [2.24, 2.45) is 0 Å². The van der Waals surface area contributed by atoms with Crippen LogP contribution in [-0.2, 0) is 5.72 Å². The largest absolute Gasteiger partial charge is 0.388 e. The van der Waals surface area contributed by atoms with Gasteiger partial charge in [0, 0.05) is 35.5 Å². The normalized spacial score (nSPS) is 14.7. The smallest absolute Gasteiger partial charge is 0.362 e.